The highest BCUT2D eigenvalue weighted by atomic mass is 16.5. The summed E-state index contributed by atoms with van der Waals surface area (Å²) in [6, 6.07) is 9.50. The van der Waals surface area contributed by atoms with E-state index in [1.807, 2.05) is 39.8 Å². The van der Waals surface area contributed by atoms with Gasteiger partial charge in [-0.05, 0) is 56.2 Å². The number of hydrogen-bond acceptors (Lipinski definition) is 4. The molecule has 0 bridgehead atoms. The third kappa shape index (κ3) is 4.88. The molecule has 2 unspecified atom stereocenters. The third-order valence-electron chi connectivity index (χ3n) is 4.13. The van der Waals surface area contributed by atoms with E-state index >= 15 is 0 Å². The summed E-state index contributed by atoms with van der Waals surface area (Å²) in [5.74, 6) is 1.52. The molecule has 2 N–H and O–H groups in total. The van der Waals surface area contributed by atoms with Gasteiger partial charge >= 0.3 is 0 Å². The van der Waals surface area contributed by atoms with Crippen LogP contribution in [-0.2, 0) is 4.79 Å². The van der Waals surface area contributed by atoms with E-state index in [1.54, 1.807) is 31.4 Å². The number of methoxy groups -OCH3 is 1. The Hall–Kier alpha value is -2.76. The van der Waals surface area contributed by atoms with Crippen molar-refractivity contribution in [1.29, 1.82) is 0 Å². The molecule has 0 fully saturated rings. The summed E-state index contributed by atoms with van der Waals surface area (Å²) in [7, 11) is 1.57. The first-order chi connectivity index (χ1) is 12.3. The summed E-state index contributed by atoms with van der Waals surface area (Å²) in [5.41, 5.74) is 0.471. The lowest BCUT2D eigenvalue weighted by Gasteiger charge is -2.23. The SMILES string of the molecule is COc1ccc(C(=O)NC(C(=O)NC(C)c2ccc(C)o2)C(C)C)cc1. The zero-order chi connectivity index (χ0) is 19.3. The van der Waals surface area contributed by atoms with Crippen LogP contribution in [0, 0.1) is 12.8 Å². The average Bonchev–Trinajstić information content (AvgIpc) is 3.05. The zero-order valence-corrected chi connectivity index (χ0v) is 15.8. The molecule has 0 aliphatic heterocycles. The average molecular weight is 358 g/mol. The standard InChI is InChI=1S/C20H26N2O4/c1-12(2)18(20(24)21-14(4)17-11-6-13(3)26-17)22-19(23)15-7-9-16(25-5)10-8-15/h6-12,14,18H,1-5H3,(H,21,24)(H,22,23). The molecule has 26 heavy (non-hydrogen) atoms. The van der Waals surface area contributed by atoms with E-state index in [0.717, 1.165) is 5.76 Å². The van der Waals surface area contributed by atoms with Gasteiger partial charge in [0.05, 0.1) is 13.2 Å². The lowest BCUT2D eigenvalue weighted by Crippen LogP contribution is -2.50. The second kappa shape index (κ2) is 8.56. The van der Waals surface area contributed by atoms with Crippen LogP contribution >= 0.6 is 0 Å². The van der Waals surface area contributed by atoms with Crippen LogP contribution < -0.4 is 15.4 Å². The number of rotatable bonds is 7. The second-order valence-electron chi connectivity index (χ2n) is 6.60. The molecule has 6 nitrogen and oxygen atoms in total. The van der Waals surface area contributed by atoms with Gasteiger partial charge in [-0.3, -0.25) is 9.59 Å². The van der Waals surface area contributed by atoms with Crippen molar-refractivity contribution >= 4 is 11.8 Å². The van der Waals surface area contributed by atoms with Crippen LogP contribution in [0.25, 0.3) is 0 Å². The summed E-state index contributed by atoms with van der Waals surface area (Å²) in [6.07, 6.45) is 0. The Morgan fingerprint density at radius 1 is 1.00 bits per heavy atom. The van der Waals surface area contributed by atoms with Crippen LogP contribution in [0.5, 0.6) is 5.75 Å². The quantitative estimate of drug-likeness (QED) is 0.796. The van der Waals surface area contributed by atoms with Crippen molar-refractivity contribution < 1.29 is 18.7 Å². The molecule has 1 aromatic carbocycles. The maximum absolute atomic E-state index is 12.7. The van der Waals surface area contributed by atoms with Gasteiger partial charge in [-0.15, -0.1) is 0 Å². The van der Waals surface area contributed by atoms with Crippen molar-refractivity contribution in [2.45, 2.75) is 39.8 Å². The van der Waals surface area contributed by atoms with E-state index in [9.17, 15) is 9.59 Å². The molecule has 140 valence electrons. The first kappa shape index (κ1) is 19.6. The maximum atomic E-state index is 12.7. The van der Waals surface area contributed by atoms with Crippen molar-refractivity contribution in [2.24, 2.45) is 5.92 Å². The van der Waals surface area contributed by atoms with Crippen LogP contribution in [0.4, 0.5) is 0 Å². The fourth-order valence-electron chi connectivity index (χ4n) is 2.56. The molecule has 0 spiro atoms. The largest absolute Gasteiger partial charge is 0.497 e. The third-order valence-corrected chi connectivity index (χ3v) is 4.13. The van der Waals surface area contributed by atoms with Crippen molar-refractivity contribution in [3.05, 3.63) is 53.5 Å². The number of amides is 2. The summed E-state index contributed by atoms with van der Waals surface area (Å²) in [6.45, 7) is 7.48. The molecule has 0 aliphatic rings. The summed E-state index contributed by atoms with van der Waals surface area (Å²) >= 11 is 0. The van der Waals surface area contributed by atoms with Gasteiger partial charge in [-0.25, -0.2) is 0 Å². The Morgan fingerprint density at radius 2 is 1.65 bits per heavy atom. The number of carbonyl (C=O) groups excluding carboxylic acids is 2. The van der Waals surface area contributed by atoms with Crippen LogP contribution in [0.1, 0.15) is 48.7 Å². The Morgan fingerprint density at radius 3 is 2.15 bits per heavy atom. The molecule has 2 amide bonds. The second-order valence-corrected chi connectivity index (χ2v) is 6.60. The van der Waals surface area contributed by atoms with Gasteiger partial charge in [-0.2, -0.15) is 0 Å². The van der Waals surface area contributed by atoms with E-state index in [1.165, 1.54) is 0 Å². The van der Waals surface area contributed by atoms with Crippen LogP contribution in [0.15, 0.2) is 40.8 Å². The number of aryl methyl sites for hydroxylation is 1. The molecule has 2 rings (SSSR count). The minimum Gasteiger partial charge on any atom is -0.497 e. The number of ether oxygens (including phenoxy) is 1. The van der Waals surface area contributed by atoms with Gasteiger partial charge in [0.15, 0.2) is 0 Å². The Balaban J connectivity index is 2.04. The Labute approximate surface area is 153 Å². The maximum Gasteiger partial charge on any atom is 0.251 e. The molecule has 2 atom stereocenters. The molecule has 6 heteroatoms. The molecule has 2 aromatic rings. The summed E-state index contributed by atoms with van der Waals surface area (Å²) < 4.78 is 10.6. The van der Waals surface area contributed by atoms with Gasteiger partial charge in [0, 0.05) is 5.56 Å². The minimum atomic E-state index is -0.650. The van der Waals surface area contributed by atoms with Crippen LogP contribution in [0.2, 0.25) is 0 Å². The molecule has 1 aromatic heterocycles. The predicted molar refractivity (Wildman–Crippen MR) is 99.1 cm³/mol. The normalized spacial score (nSPS) is 13.2. The van der Waals surface area contributed by atoms with E-state index in [2.05, 4.69) is 10.6 Å². The molecular weight excluding hydrogens is 332 g/mol. The number of nitrogens with one attached hydrogen (secondary N) is 2. The first-order valence-corrected chi connectivity index (χ1v) is 8.63. The number of carbonyl (C=O) groups is 2. The summed E-state index contributed by atoms with van der Waals surface area (Å²) in [4.78, 5) is 25.1. The highest BCUT2D eigenvalue weighted by Crippen LogP contribution is 2.17. The van der Waals surface area contributed by atoms with E-state index in [-0.39, 0.29) is 23.8 Å². The smallest absolute Gasteiger partial charge is 0.251 e. The van der Waals surface area contributed by atoms with Gasteiger partial charge < -0.3 is 19.8 Å². The van der Waals surface area contributed by atoms with E-state index < -0.39 is 6.04 Å². The fraction of sp³-hybridized carbons (Fsp3) is 0.400. The molecule has 0 saturated heterocycles. The number of furan rings is 1. The first-order valence-electron chi connectivity index (χ1n) is 8.63. The molecule has 1 heterocycles. The summed E-state index contributed by atoms with van der Waals surface area (Å²) in [5, 5.41) is 5.71. The topological polar surface area (TPSA) is 80.6 Å². The highest BCUT2D eigenvalue weighted by molar-refractivity contribution is 5.97. The van der Waals surface area contributed by atoms with E-state index in [0.29, 0.717) is 17.1 Å². The van der Waals surface area contributed by atoms with Crippen molar-refractivity contribution in [2.75, 3.05) is 7.11 Å². The fourth-order valence-corrected chi connectivity index (χ4v) is 2.56. The molecule has 0 radical (unpaired) electrons. The zero-order valence-electron chi connectivity index (χ0n) is 15.8. The van der Waals surface area contributed by atoms with Crippen LogP contribution in [-0.4, -0.2) is 25.0 Å². The molecule has 0 aliphatic carbocycles. The number of hydrogen-bond donors (Lipinski definition) is 2. The Kier molecular flexibility index (Phi) is 6.44. The van der Waals surface area contributed by atoms with Gasteiger partial charge in [0.2, 0.25) is 5.91 Å². The van der Waals surface area contributed by atoms with Crippen molar-refractivity contribution in [1.82, 2.24) is 10.6 Å². The molecular formula is C20H26N2O4. The lowest BCUT2D eigenvalue weighted by atomic mass is 10.0. The highest BCUT2D eigenvalue weighted by Gasteiger charge is 2.26. The van der Waals surface area contributed by atoms with Crippen molar-refractivity contribution in [3.8, 4) is 5.75 Å². The van der Waals surface area contributed by atoms with Gasteiger partial charge in [-0.1, -0.05) is 13.8 Å². The van der Waals surface area contributed by atoms with Gasteiger partial charge in [0.1, 0.15) is 23.3 Å². The van der Waals surface area contributed by atoms with Crippen molar-refractivity contribution in [3.63, 3.8) is 0 Å². The van der Waals surface area contributed by atoms with Gasteiger partial charge in [0.25, 0.3) is 5.91 Å². The lowest BCUT2D eigenvalue weighted by molar-refractivity contribution is -0.124. The van der Waals surface area contributed by atoms with E-state index in [4.69, 9.17) is 9.15 Å². The van der Waals surface area contributed by atoms with Crippen LogP contribution in [0.3, 0.4) is 0 Å². The minimum absolute atomic E-state index is 0.0669. The number of benzene rings is 1. The Bertz CT molecular complexity index is 749. The predicted octanol–water partition coefficient (Wildman–Crippen LogP) is 3.23. The monoisotopic (exact) mass is 358 g/mol. The molecule has 0 saturated carbocycles.